The summed E-state index contributed by atoms with van der Waals surface area (Å²) in [6, 6.07) is 12.4. The lowest BCUT2D eigenvalue weighted by Crippen LogP contribution is -2.25. The van der Waals surface area contributed by atoms with Gasteiger partial charge in [0.2, 0.25) is 20.9 Å². The minimum absolute atomic E-state index is 0.0489. The Labute approximate surface area is 196 Å². The zero-order valence-corrected chi connectivity index (χ0v) is 20.5. The molecule has 176 valence electrons. The molecule has 1 aromatic heterocycles. The van der Waals surface area contributed by atoms with Crippen molar-refractivity contribution in [3.63, 3.8) is 0 Å². The Balaban J connectivity index is 1.59. The summed E-state index contributed by atoms with van der Waals surface area (Å²) in [5.74, 6) is 0.334. The van der Waals surface area contributed by atoms with Gasteiger partial charge in [0.1, 0.15) is 0 Å². The minimum atomic E-state index is -3.52. The quantitative estimate of drug-likeness (QED) is 0.456. The van der Waals surface area contributed by atoms with Crippen LogP contribution in [-0.4, -0.2) is 53.9 Å². The minimum Gasteiger partial charge on any atom is -0.322 e. The van der Waals surface area contributed by atoms with Crippen LogP contribution in [0.25, 0.3) is 11.1 Å². The van der Waals surface area contributed by atoms with Crippen molar-refractivity contribution < 1.29 is 8.42 Å². The monoisotopic (exact) mass is 467 g/mol. The summed E-state index contributed by atoms with van der Waals surface area (Å²) in [5, 5.41) is 10.1. The molecule has 1 aliphatic rings. The van der Waals surface area contributed by atoms with Gasteiger partial charge >= 0.3 is 0 Å². The van der Waals surface area contributed by atoms with Crippen LogP contribution in [0, 0.1) is 6.92 Å². The molecule has 0 aliphatic heterocycles. The van der Waals surface area contributed by atoms with Gasteiger partial charge in [-0.1, -0.05) is 44.2 Å². The number of aryl methyl sites for hydroxylation is 1. The van der Waals surface area contributed by atoms with Gasteiger partial charge in [-0.3, -0.25) is 0 Å². The van der Waals surface area contributed by atoms with Crippen molar-refractivity contribution in [2.75, 3.05) is 30.7 Å². The van der Waals surface area contributed by atoms with Gasteiger partial charge in [-0.05, 0) is 80.6 Å². The second-order valence-corrected chi connectivity index (χ2v) is 10.6. The van der Waals surface area contributed by atoms with E-state index < -0.39 is 9.84 Å². The molecule has 0 bridgehead atoms. The number of fused-ring (bicyclic) bond motifs is 1. The zero-order chi connectivity index (χ0) is 23.4. The van der Waals surface area contributed by atoms with Gasteiger partial charge in [0.05, 0.1) is 11.4 Å². The number of H-pyrrole nitrogens is 1. The summed E-state index contributed by atoms with van der Waals surface area (Å²) in [7, 11) is -3.52. The first kappa shape index (κ1) is 23.4. The Morgan fingerprint density at radius 3 is 2.55 bits per heavy atom. The number of hydrogen-bond donors (Lipinski definition) is 2. The summed E-state index contributed by atoms with van der Waals surface area (Å²) >= 11 is 0. The van der Waals surface area contributed by atoms with E-state index in [0.717, 1.165) is 55.7 Å². The number of aromatic amines is 1. The van der Waals surface area contributed by atoms with Crippen molar-refractivity contribution >= 4 is 21.5 Å². The number of benzene rings is 2. The predicted molar refractivity (Wildman–Crippen MR) is 133 cm³/mol. The lowest BCUT2D eigenvalue weighted by molar-refractivity contribution is 0.305. The third-order valence-corrected chi connectivity index (χ3v) is 8.09. The van der Waals surface area contributed by atoms with Gasteiger partial charge < -0.3 is 10.2 Å². The Hall–Kier alpha value is -2.71. The van der Waals surface area contributed by atoms with Crippen molar-refractivity contribution in [2.45, 2.75) is 51.6 Å². The van der Waals surface area contributed by atoms with Crippen LogP contribution in [0.4, 0.5) is 11.6 Å². The van der Waals surface area contributed by atoms with Crippen LogP contribution in [0.15, 0.2) is 41.6 Å². The van der Waals surface area contributed by atoms with Crippen LogP contribution in [0.3, 0.4) is 0 Å². The molecular formula is C25H33N5O2S. The molecule has 1 aliphatic carbocycles. The normalized spacial score (nSPS) is 13.5. The van der Waals surface area contributed by atoms with Crippen molar-refractivity contribution in [2.24, 2.45) is 0 Å². The van der Waals surface area contributed by atoms with E-state index >= 15 is 0 Å². The molecule has 2 aromatic carbocycles. The number of aromatic nitrogens is 3. The van der Waals surface area contributed by atoms with Crippen molar-refractivity contribution in [3.05, 3.63) is 53.1 Å². The number of nitrogens with zero attached hydrogens (tertiary/aromatic N) is 3. The molecule has 0 saturated carbocycles. The first-order valence-electron chi connectivity index (χ1n) is 11.8. The highest BCUT2D eigenvalue weighted by atomic mass is 32.2. The molecule has 0 unspecified atom stereocenters. The molecule has 0 spiro atoms. The lowest BCUT2D eigenvalue weighted by Gasteiger charge is -2.17. The Morgan fingerprint density at radius 1 is 1.09 bits per heavy atom. The summed E-state index contributed by atoms with van der Waals surface area (Å²) in [4.78, 5) is 6.53. The molecule has 4 rings (SSSR count). The van der Waals surface area contributed by atoms with Crippen molar-refractivity contribution in [3.8, 4) is 11.1 Å². The first-order chi connectivity index (χ1) is 15.9. The van der Waals surface area contributed by atoms with Crippen LogP contribution in [-0.2, 0) is 22.7 Å². The number of hydrogen-bond acceptors (Lipinski definition) is 6. The number of anilines is 2. The maximum absolute atomic E-state index is 12.8. The third-order valence-electron chi connectivity index (χ3n) is 6.49. The van der Waals surface area contributed by atoms with Gasteiger partial charge in [0.25, 0.3) is 0 Å². The SMILES string of the molecule is CCN(CC)CCCS(=O)(=O)c1nc(Nc2c(-c3ccccc3)cc(C)c3c2CCC3)n[nH]1. The van der Waals surface area contributed by atoms with Gasteiger partial charge in [-0.15, -0.1) is 5.10 Å². The van der Waals surface area contributed by atoms with E-state index in [9.17, 15) is 8.42 Å². The summed E-state index contributed by atoms with van der Waals surface area (Å²) in [6.07, 6.45) is 3.73. The second-order valence-electron chi connectivity index (χ2n) is 8.58. The number of rotatable bonds is 10. The van der Waals surface area contributed by atoms with Crippen LogP contribution >= 0.6 is 0 Å². The summed E-state index contributed by atoms with van der Waals surface area (Å²) in [5.41, 5.74) is 7.11. The highest BCUT2D eigenvalue weighted by Crippen LogP contribution is 2.40. The fourth-order valence-corrected chi connectivity index (χ4v) is 5.76. The fourth-order valence-electron chi connectivity index (χ4n) is 4.65. The number of nitrogens with one attached hydrogen (secondary N) is 2. The predicted octanol–water partition coefficient (Wildman–Crippen LogP) is 4.52. The smallest absolute Gasteiger partial charge is 0.247 e. The molecule has 33 heavy (non-hydrogen) atoms. The topological polar surface area (TPSA) is 91.0 Å². The van der Waals surface area contributed by atoms with E-state index in [4.69, 9.17) is 0 Å². The van der Waals surface area contributed by atoms with E-state index in [1.165, 1.54) is 16.7 Å². The van der Waals surface area contributed by atoms with Crippen LogP contribution in [0.1, 0.15) is 43.4 Å². The third kappa shape index (κ3) is 5.12. The maximum atomic E-state index is 12.8. The largest absolute Gasteiger partial charge is 0.322 e. The lowest BCUT2D eigenvalue weighted by atomic mass is 9.94. The molecule has 7 nitrogen and oxygen atoms in total. The van der Waals surface area contributed by atoms with E-state index in [0.29, 0.717) is 6.42 Å². The molecule has 3 aromatic rings. The highest BCUT2D eigenvalue weighted by molar-refractivity contribution is 7.91. The van der Waals surface area contributed by atoms with Crippen LogP contribution < -0.4 is 5.32 Å². The summed E-state index contributed by atoms with van der Waals surface area (Å²) < 4.78 is 25.6. The van der Waals surface area contributed by atoms with Gasteiger partial charge in [0, 0.05) is 5.56 Å². The zero-order valence-electron chi connectivity index (χ0n) is 19.7. The van der Waals surface area contributed by atoms with Crippen molar-refractivity contribution in [1.29, 1.82) is 0 Å². The Bertz CT molecular complexity index is 1200. The van der Waals surface area contributed by atoms with E-state index in [1.807, 2.05) is 18.2 Å². The second kappa shape index (κ2) is 10.1. The van der Waals surface area contributed by atoms with Gasteiger partial charge in [-0.2, -0.15) is 4.98 Å². The molecule has 8 heteroatoms. The molecule has 1 heterocycles. The standard InChI is InChI=1S/C25H33N5O2S/c1-4-30(5-2)15-10-16-33(31,32)25-27-24(28-29-25)26-23-21-14-9-13-20(21)18(3)17-22(23)19-11-7-6-8-12-19/h6-8,11-12,17H,4-5,9-10,13-16H2,1-3H3,(H2,26,27,28,29). The molecule has 0 saturated heterocycles. The molecule has 0 fully saturated rings. The van der Waals surface area contributed by atoms with Crippen LogP contribution in [0.5, 0.6) is 0 Å². The Kier molecular flexibility index (Phi) is 7.14. The van der Waals surface area contributed by atoms with E-state index in [2.05, 4.69) is 64.4 Å². The average molecular weight is 468 g/mol. The fraction of sp³-hybridized carbons (Fsp3) is 0.440. The average Bonchev–Trinajstić information content (AvgIpc) is 3.50. The maximum Gasteiger partial charge on any atom is 0.247 e. The van der Waals surface area contributed by atoms with E-state index in [-0.39, 0.29) is 16.9 Å². The molecule has 0 atom stereocenters. The highest BCUT2D eigenvalue weighted by Gasteiger charge is 2.24. The molecule has 0 radical (unpaired) electrons. The van der Waals surface area contributed by atoms with E-state index in [1.54, 1.807) is 0 Å². The first-order valence-corrected chi connectivity index (χ1v) is 13.4. The van der Waals surface area contributed by atoms with Crippen molar-refractivity contribution in [1.82, 2.24) is 20.1 Å². The number of sulfone groups is 1. The van der Waals surface area contributed by atoms with Gasteiger partial charge in [-0.25, -0.2) is 13.5 Å². The summed E-state index contributed by atoms with van der Waals surface area (Å²) in [6.45, 7) is 8.91. The van der Waals surface area contributed by atoms with Gasteiger partial charge in [0.15, 0.2) is 0 Å². The molecule has 2 N–H and O–H groups in total. The van der Waals surface area contributed by atoms with Crippen LogP contribution in [0.2, 0.25) is 0 Å². The molecule has 0 amide bonds. The molecular weight excluding hydrogens is 434 g/mol. The Morgan fingerprint density at radius 2 is 1.82 bits per heavy atom.